The third-order valence-corrected chi connectivity index (χ3v) is 6.87. The molecule has 4 nitrogen and oxygen atoms in total. The van der Waals surface area contributed by atoms with Gasteiger partial charge in [-0.05, 0) is 68.1 Å². The first kappa shape index (κ1) is 22.1. The predicted octanol–water partition coefficient (Wildman–Crippen LogP) is 4.71. The monoisotopic (exact) mass is 428 g/mol. The molecule has 0 radical (unpaired) electrons. The minimum absolute atomic E-state index is 0.000360. The molecule has 0 aromatic heterocycles. The number of likely N-dealkylation sites (tertiary alicyclic amines) is 1. The van der Waals surface area contributed by atoms with Gasteiger partial charge in [0.05, 0.1) is 0 Å². The van der Waals surface area contributed by atoms with E-state index in [0.717, 1.165) is 55.6 Å². The lowest BCUT2D eigenvalue weighted by Gasteiger charge is -2.42. The number of carbonyl (C=O) groups excluding carboxylic acids is 1. The van der Waals surface area contributed by atoms with Gasteiger partial charge >= 0.3 is 0 Å². The molecule has 2 N–H and O–H groups in total. The van der Waals surface area contributed by atoms with E-state index in [1.165, 1.54) is 5.56 Å². The van der Waals surface area contributed by atoms with E-state index in [-0.39, 0.29) is 11.3 Å². The zero-order valence-corrected chi connectivity index (χ0v) is 18.8. The van der Waals surface area contributed by atoms with Crippen molar-refractivity contribution in [2.45, 2.75) is 31.6 Å². The number of para-hydroxylation sites is 1. The molecule has 0 unspecified atom stereocenters. The van der Waals surface area contributed by atoms with Crippen LogP contribution in [0.5, 0.6) is 5.75 Å². The zero-order chi connectivity index (χ0) is 22.4. The summed E-state index contributed by atoms with van der Waals surface area (Å²) in [5.74, 6) is 0.377. The van der Waals surface area contributed by atoms with Crippen molar-refractivity contribution >= 4 is 5.91 Å². The molecule has 4 heteroatoms. The van der Waals surface area contributed by atoms with Gasteiger partial charge in [-0.1, -0.05) is 66.7 Å². The molecular weight excluding hydrogens is 396 g/mol. The summed E-state index contributed by atoms with van der Waals surface area (Å²) in [6.07, 6.45) is 2.83. The van der Waals surface area contributed by atoms with Gasteiger partial charge in [-0.3, -0.25) is 4.79 Å². The fourth-order valence-electron chi connectivity index (χ4n) is 4.74. The minimum Gasteiger partial charge on any atom is -0.508 e. The van der Waals surface area contributed by atoms with E-state index in [0.29, 0.717) is 12.3 Å². The van der Waals surface area contributed by atoms with E-state index in [9.17, 15) is 9.90 Å². The van der Waals surface area contributed by atoms with E-state index < -0.39 is 0 Å². The number of nitrogens with zero attached hydrogens (tertiary/aromatic N) is 1. The standard InChI is InChI=1S/C28H32N2O2/c1-22-9-5-7-13-25(22)27(32)29-21-28(24-11-3-2-4-12-24)16-19-30(20-17-28)18-15-23-10-6-8-14-26(23)31/h2-14,31H,15-21H2,1H3,(H,29,32). The molecule has 0 saturated carbocycles. The number of benzene rings is 3. The van der Waals surface area contributed by atoms with Gasteiger partial charge in [-0.15, -0.1) is 0 Å². The second kappa shape index (κ2) is 10.0. The van der Waals surface area contributed by atoms with Crippen molar-refractivity contribution in [2.24, 2.45) is 0 Å². The summed E-state index contributed by atoms with van der Waals surface area (Å²) in [5.41, 5.74) is 3.97. The first-order chi connectivity index (χ1) is 15.6. The van der Waals surface area contributed by atoms with Crippen molar-refractivity contribution in [2.75, 3.05) is 26.2 Å². The maximum Gasteiger partial charge on any atom is 0.251 e. The van der Waals surface area contributed by atoms with Crippen molar-refractivity contribution in [3.05, 3.63) is 101 Å². The average Bonchev–Trinajstić information content (AvgIpc) is 2.84. The quantitative estimate of drug-likeness (QED) is 0.573. The largest absolute Gasteiger partial charge is 0.508 e. The third-order valence-electron chi connectivity index (χ3n) is 6.87. The Morgan fingerprint density at radius 2 is 1.59 bits per heavy atom. The summed E-state index contributed by atoms with van der Waals surface area (Å²) in [5, 5.41) is 13.3. The van der Waals surface area contributed by atoms with E-state index in [2.05, 4.69) is 34.5 Å². The second-order valence-electron chi connectivity index (χ2n) is 8.86. The SMILES string of the molecule is Cc1ccccc1C(=O)NCC1(c2ccccc2)CCN(CCc2ccccc2O)CC1. The summed E-state index contributed by atoms with van der Waals surface area (Å²) < 4.78 is 0. The molecule has 3 aromatic rings. The summed E-state index contributed by atoms with van der Waals surface area (Å²) in [6.45, 7) is 5.49. The van der Waals surface area contributed by atoms with Crippen molar-refractivity contribution in [3.63, 3.8) is 0 Å². The highest BCUT2D eigenvalue weighted by Gasteiger charge is 2.36. The lowest BCUT2D eigenvalue weighted by atomic mass is 9.72. The molecule has 1 heterocycles. The van der Waals surface area contributed by atoms with E-state index in [1.807, 2.05) is 55.5 Å². The van der Waals surface area contributed by atoms with E-state index in [1.54, 1.807) is 6.07 Å². The smallest absolute Gasteiger partial charge is 0.251 e. The fourth-order valence-corrected chi connectivity index (χ4v) is 4.74. The molecule has 166 valence electrons. The van der Waals surface area contributed by atoms with Crippen LogP contribution in [0.25, 0.3) is 0 Å². The number of phenolic OH excluding ortho intramolecular Hbond substituents is 1. The minimum atomic E-state index is -0.0645. The molecule has 32 heavy (non-hydrogen) atoms. The predicted molar refractivity (Wildman–Crippen MR) is 129 cm³/mol. The van der Waals surface area contributed by atoms with Gasteiger partial charge in [0, 0.05) is 24.1 Å². The van der Waals surface area contributed by atoms with Gasteiger partial charge in [-0.25, -0.2) is 0 Å². The number of aryl methyl sites for hydroxylation is 1. The Bertz CT molecular complexity index is 1040. The van der Waals surface area contributed by atoms with Crippen molar-refractivity contribution in [3.8, 4) is 5.75 Å². The van der Waals surface area contributed by atoms with Crippen LogP contribution in [-0.2, 0) is 11.8 Å². The van der Waals surface area contributed by atoms with Gasteiger partial charge in [0.15, 0.2) is 0 Å². The molecule has 1 aliphatic rings. The number of carbonyl (C=O) groups is 1. The first-order valence-corrected chi connectivity index (χ1v) is 11.5. The number of nitrogens with one attached hydrogen (secondary N) is 1. The Hall–Kier alpha value is -3.11. The van der Waals surface area contributed by atoms with Crippen LogP contribution in [0.4, 0.5) is 0 Å². The molecule has 1 saturated heterocycles. The summed E-state index contributed by atoms with van der Waals surface area (Å²) in [6, 6.07) is 25.9. The van der Waals surface area contributed by atoms with Crippen LogP contribution in [0.2, 0.25) is 0 Å². The summed E-state index contributed by atoms with van der Waals surface area (Å²) >= 11 is 0. The molecule has 0 spiro atoms. The lowest BCUT2D eigenvalue weighted by molar-refractivity contribution is 0.0921. The number of amides is 1. The third kappa shape index (κ3) is 5.03. The highest BCUT2D eigenvalue weighted by molar-refractivity contribution is 5.95. The van der Waals surface area contributed by atoms with Gasteiger partial charge < -0.3 is 15.3 Å². The maximum atomic E-state index is 12.9. The zero-order valence-electron chi connectivity index (χ0n) is 18.8. The van der Waals surface area contributed by atoms with Crippen LogP contribution in [0.1, 0.15) is 39.9 Å². The highest BCUT2D eigenvalue weighted by Crippen LogP contribution is 2.35. The lowest BCUT2D eigenvalue weighted by Crippen LogP contribution is -2.49. The average molecular weight is 429 g/mol. The topological polar surface area (TPSA) is 52.6 Å². The van der Waals surface area contributed by atoms with Crippen molar-refractivity contribution < 1.29 is 9.90 Å². The highest BCUT2D eigenvalue weighted by atomic mass is 16.3. The normalized spacial score (nSPS) is 15.9. The van der Waals surface area contributed by atoms with Crippen LogP contribution < -0.4 is 5.32 Å². The van der Waals surface area contributed by atoms with Gasteiger partial charge in [0.25, 0.3) is 5.91 Å². The number of aromatic hydroxyl groups is 1. The van der Waals surface area contributed by atoms with Crippen LogP contribution in [0.3, 0.4) is 0 Å². The van der Waals surface area contributed by atoms with Gasteiger partial charge in [0.1, 0.15) is 5.75 Å². The number of piperidine rings is 1. The molecular formula is C28H32N2O2. The Balaban J connectivity index is 1.42. The van der Waals surface area contributed by atoms with Crippen LogP contribution >= 0.6 is 0 Å². The number of phenols is 1. The Kier molecular flexibility index (Phi) is 6.91. The van der Waals surface area contributed by atoms with Gasteiger partial charge in [0.2, 0.25) is 0 Å². The van der Waals surface area contributed by atoms with Gasteiger partial charge in [-0.2, -0.15) is 0 Å². The number of hydrogen-bond acceptors (Lipinski definition) is 3. The van der Waals surface area contributed by atoms with E-state index >= 15 is 0 Å². The molecule has 1 aliphatic heterocycles. The maximum absolute atomic E-state index is 12.9. The Labute approximate surface area is 190 Å². The molecule has 0 atom stereocenters. The van der Waals surface area contributed by atoms with Crippen LogP contribution in [0.15, 0.2) is 78.9 Å². The summed E-state index contributed by atoms with van der Waals surface area (Å²) in [7, 11) is 0. The van der Waals surface area contributed by atoms with Crippen LogP contribution in [0, 0.1) is 6.92 Å². The Morgan fingerprint density at radius 3 is 2.31 bits per heavy atom. The molecule has 1 fully saturated rings. The van der Waals surface area contributed by atoms with Crippen molar-refractivity contribution in [1.82, 2.24) is 10.2 Å². The molecule has 3 aromatic carbocycles. The Morgan fingerprint density at radius 1 is 0.938 bits per heavy atom. The fraction of sp³-hybridized carbons (Fsp3) is 0.321. The van der Waals surface area contributed by atoms with Crippen molar-refractivity contribution in [1.29, 1.82) is 0 Å². The second-order valence-corrected chi connectivity index (χ2v) is 8.86. The van der Waals surface area contributed by atoms with E-state index in [4.69, 9.17) is 0 Å². The molecule has 1 amide bonds. The molecule has 0 aliphatic carbocycles. The van der Waals surface area contributed by atoms with Crippen LogP contribution in [-0.4, -0.2) is 42.1 Å². The number of rotatable bonds is 7. The molecule has 4 rings (SSSR count). The number of hydrogen-bond donors (Lipinski definition) is 2. The summed E-state index contributed by atoms with van der Waals surface area (Å²) in [4.78, 5) is 15.4. The first-order valence-electron chi connectivity index (χ1n) is 11.5. The molecule has 0 bridgehead atoms.